The third-order valence-electron chi connectivity index (χ3n) is 3.02. The smallest absolute Gasteiger partial charge is 0.0174 e. The summed E-state index contributed by atoms with van der Waals surface area (Å²) < 4.78 is 0. The van der Waals surface area contributed by atoms with E-state index < -0.39 is 0 Å². The molecule has 2 aliphatic carbocycles. The fraction of sp³-hybridized carbons (Fsp3) is 0.800. The maximum Gasteiger partial charge on any atom is -0.0174 e. The molecule has 56 valence electrons. The van der Waals surface area contributed by atoms with Gasteiger partial charge in [-0.1, -0.05) is 25.0 Å². The molecule has 0 aromatic carbocycles. The van der Waals surface area contributed by atoms with Crippen molar-refractivity contribution in [1.29, 1.82) is 0 Å². The second kappa shape index (κ2) is 2.41. The summed E-state index contributed by atoms with van der Waals surface area (Å²) >= 11 is 0. The molecule has 0 spiro atoms. The summed E-state index contributed by atoms with van der Waals surface area (Å²) in [5.41, 5.74) is 1.56. The van der Waals surface area contributed by atoms with Crippen molar-refractivity contribution in [3.63, 3.8) is 0 Å². The van der Waals surface area contributed by atoms with Gasteiger partial charge in [0.15, 0.2) is 0 Å². The molecule has 0 nitrogen and oxygen atoms in total. The van der Waals surface area contributed by atoms with E-state index in [1.165, 1.54) is 38.5 Å². The van der Waals surface area contributed by atoms with E-state index in [-0.39, 0.29) is 0 Å². The van der Waals surface area contributed by atoms with Crippen molar-refractivity contribution < 1.29 is 0 Å². The molecule has 0 heterocycles. The Labute approximate surface area is 63.3 Å². The quantitative estimate of drug-likeness (QED) is 0.449. The van der Waals surface area contributed by atoms with E-state index in [1.54, 1.807) is 5.57 Å². The maximum absolute atomic E-state index is 4.14. The van der Waals surface area contributed by atoms with Crippen LogP contribution in [0.25, 0.3) is 0 Å². The fourth-order valence-corrected chi connectivity index (χ4v) is 2.19. The Morgan fingerprint density at radius 1 is 1.20 bits per heavy atom. The first-order valence-corrected chi connectivity index (χ1v) is 4.55. The van der Waals surface area contributed by atoms with Crippen LogP contribution >= 0.6 is 0 Å². The lowest BCUT2D eigenvalue weighted by Crippen LogP contribution is -1.93. The zero-order chi connectivity index (χ0) is 6.97. The van der Waals surface area contributed by atoms with Crippen molar-refractivity contribution in [3.05, 3.63) is 12.2 Å². The van der Waals surface area contributed by atoms with Crippen molar-refractivity contribution in [3.8, 4) is 0 Å². The average Bonchev–Trinajstić information content (AvgIpc) is 2.62. The first-order chi connectivity index (χ1) is 4.88. The van der Waals surface area contributed by atoms with Crippen molar-refractivity contribution in [2.75, 3.05) is 0 Å². The number of rotatable bonds is 0. The Hall–Kier alpha value is -0.260. The Morgan fingerprint density at radius 2 is 2.10 bits per heavy atom. The second-order valence-corrected chi connectivity index (χ2v) is 3.86. The van der Waals surface area contributed by atoms with Gasteiger partial charge in [0.05, 0.1) is 0 Å². The summed E-state index contributed by atoms with van der Waals surface area (Å²) in [6, 6.07) is 0. The SMILES string of the molecule is C=C1CCCCCC2CC12. The highest BCUT2D eigenvalue weighted by Crippen LogP contribution is 2.49. The van der Waals surface area contributed by atoms with Gasteiger partial charge in [0.2, 0.25) is 0 Å². The standard InChI is InChI=1S/C10H16/c1-8-5-3-2-4-6-9-7-10(8)9/h9-10H,1-7H2. The van der Waals surface area contributed by atoms with Crippen LogP contribution in [0, 0.1) is 11.8 Å². The lowest BCUT2D eigenvalue weighted by molar-refractivity contribution is 0.549. The normalized spacial score (nSPS) is 39.8. The molecule has 0 aliphatic heterocycles. The van der Waals surface area contributed by atoms with Crippen LogP contribution in [0.5, 0.6) is 0 Å². The minimum Gasteiger partial charge on any atom is -0.0996 e. The Balaban J connectivity index is 1.94. The van der Waals surface area contributed by atoms with Crippen molar-refractivity contribution in [1.82, 2.24) is 0 Å². The molecule has 2 unspecified atom stereocenters. The summed E-state index contributed by atoms with van der Waals surface area (Å²) in [6.07, 6.45) is 8.61. The van der Waals surface area contributed by atoms with Crippen LogP contribution in [-0.2, 0) is 0 Å². The molecule has 2 rings (SSSR count). The monoisotopic (exact) mass is 136 g/mol. The van der Waals surface area contributed by atoms with E-state index in [9.17, 15) is 0 Å². The first-order valence-electron chi connectivity index (χ1n) is 4.55. The van der Waals surface area contributed by atoms with E-state index in [1.807, 2.05) is 0 Å². The minimum atomic E-state index is 0.959. The molecule has 0 radical (unpaired) electrons. The number of fused-ring (bicyclic) bond motifs is 1. The third kappa shape index (κ3) is 1.12. The van der Waals surface area contributed by atoms with Gasteiger partial charge >= 0.3 is 0 Å². The highest BCUT2D eigenvalue weighted by Gasteiger charge is 2.38. The maximum atomic E-state index is 4.14. The highest BCUT2D eigenvalue weighted by atomic mass is 14.4. The predicted octanol–water partition coefficient (Wildman–Crippen LogP) is 3.14. The Morgan fingerprint density at radius 3 is 3.00 bits per heavy atom. The van der Waals surface area contributed by atoms with Gasteiger partial charge in [0.1, 0.15) is 0 Å². The molecule has 2 fully saturated rings. The zero-order valence-corrected chi connectivity index (χ0v) is 6.60. The van der Waals surface area contributed by atoms with Gasteiger partial charge in [-0.15, -0.1) is 0 Å². The molecule has 0 bridgehead atoms. The van der Waals surface area contributed by atoms with E-state index in [0.717, 1.165) is 11.8 Å². The first kappa shape index (κ1) is 6.45. The van der Waals surface area contributed by atoms with Crippen LogP contribution in [-0.4, -0.2) is 0 Å². The molecule has 2 atom stereocenters. The molecule has 0 saturated heterocycles. The lowest BCUT2D eigenvalue weighted by Gasteiger charge is -2.08. The molecule has 0 aromatic heterocycles. The summed E-state index contributed by atoms with van der Waals surface area (Å²) in [6.45, 7) is 4.14. The summed E-state index contributed by atoms with van der Waals surface area (Å²) in [4.78, 5) is 0. The van der Waals surface area contributed by atoms with Gasteiger partial charge in [-0.2, -0.15) is 0 Å². The van der Waals surface area contributed by atoms with E-state index in [4.69, 9.17) is 0 Å². The summed E-state index contributed by atoms with van der Waals surface area (Å²) in [5.74, 6) is 2.02. The van der Waals surface area contributed by atoms with Crippen LogP contribution < -0.4 is 0 Å². The van der Waals surface area contributed by atoms with Gasteiger partial charge in [0.25, 0.3) is 0 Å². The van der Waals surface area contributed by atoms with Gasteiger partial charge in [-0.05, 0) is 37.5 Å². The molecular formula is C10H16. The van der Waals surface area contributed by atoms with Crippen molar-refractivity contribution in [2.45, 2.75) is 38.5 Å². The predicted molar refractivity (Wildman–Crippen MR) is 43.8 cm³/mol. The van der Waals surface area contributed by atoms with Crippen LogP contribution in [0.4, 0.5) is 0 Å². The van der Waals surface area contributed by atoms with Gasteiger partial charge in [-0.25, -0.2) is 0 Å². The Bertz CT molecular complexity index is 146. The molecule has 2 aliphatic rings. The van der Waals surface area contributed by atoms with Crippen LogP contribution in [0.2, 0.25) is 0 Å². The average molecular weight is 136 g/mol. The summed E-state index contributed by atoms with van der Waals surface area (Å²) in [7, 11) is 0. The number of hydrogen-bond acceptors (Lipinski definition) is 0. The zero-order valence-electron chi connectivity index (χ0n) is 6.60. The molecular weight excluding hydrogens is 120 g/mol. The number of hydrogen-bond donors (Lipinski definition) is 0. The fourth-order valence-electron chi connectivity index (χ4n) is 2.19. The molecule has 10 heavy (non-hydrogen) atoms. The van der Waals surface area contributed by atoms with Crippen LogP contribution in [0.1, 0.15) is 38.5 Å². The van der Waals surface area contributed by atoms with Gasteiger partial charge < -0.3 is 0 Å². The molecule has 0 aromatic rings. The molecule has 2 saturated carbocycles. The molecule has 0 heteroatoms. The van der Waals surface area contributed by atoms with E-state index in [0.29, 0.717) is 0 Å². The van der Waals surface area contributed by atoms with Crippen molar-refractivity contribution in [2.24, 2.45) is 11.8 Å². The lowest BCUT2D eigenvalue weighted by atomic mass is 9.98. The van der Waals surface area contributed by atoms with Crippen LogP contribution in [0.3, 0.4) is 0 Å². The highest BCUT2D eigenvalue weighted by molar-refractivity contribution is 5.12. The topological polar surface area (TPSA) is 0 Å². The largest absolute Gasteiger partial charge is 0.0996 e. The molecule has 0 N–H and O–H groups in total. The van der Waals surface area contributed by atoms with E-state index in [2.05, 4.69) is 6.58 Å². The summed E-state index contributed by atoms with van der Waals surface area (Å²) in [5, 5.41) is 0. The van der Waals surface area contributed by atoms with Crippen LogP contribution in [0.15, 0.2) is 12.2 Å². The minimum absolute atomic E-state index is 0.959. The third-order valence-corrected chi connectivity index (χ3v) is 3.02. The Kier molecular flexibility index (Phi) is 1.55. The van der Waals surface area contributed by atoms with E-state index >= 15 is 0 Å². The molecule has 0 amide bonds. The second-order valence-electron chi connectivity index (χ2n) is 3.86. The number of allylic oxidation sites excluding steroid dienone is 1. The van der Waals surface area contributed by atoms with Gasteiger partial charge in [-0.3, -0.25) is 0 Å². The van der Waals surface area contributed by atoms with Crippen molar-refractivity contribution >= 4 is 0 Å². The van der Waals surface area contributed by atoms with Gasteiger partial charge in [0, 0.05) is 0 Å².